The fourth-order valence-electron chi connectivity index (χ4n) is 2.34. The quantitative estimate of drug-likeness (QED) is 0.591. The summed E-state index contributed by atoms with van der Waals surface area (Å²) in [7, 11) is -3.94. The Labute approximate surface area is 179 Å². The monoisotopic (exact) mass is 458 g/mol. The molecule has 2 unspecified atom stereocenters. The lowest BCUT2D eigenvalue weighted by Gasteiger charge is -2.16. The number of sulfonamides is 1. The second-order valence-electron chi connectivity index (χ2n) is 6.25. The average molecular weight is 459 g/mol. The Morgan fingerprint density at radius 3 is 2.03 bits per heavy atom. The predicted molar refractivity (Wildman–Crippen MR) is 110 cm³/mol. The molecule has 29 heavy (non-hydrogen) atoms. The van der Waals surface area contributed by atoms with Crippen molar-refractivity contribution in [3.05, 3.63) is 64.1 Å². The van der Waals surface area contributed by atoms with Gasteiger partial charge in [0.15, 0.2) is 6.61 Å². The van der Waals surface area contributed by atoms with Crippen LogP contribution in [0.4, 0.5) is 0 Å². The van der Waals surface area contributed by atoms with Crippen molar-refractivity contribution in [2.24, 2.45) is 0 Å². The Morgan fingerprint density at radius 1 is 0.966 bits per heavy atom. The number of carbonyl (C=O) groups excluding carboxylic acids is 2. The van der Waals surface area contributed by atoms with Gasteiger partial charge in [-0.25, -0.2) is 8.42 Å². The standard InChI is InChI=1S/C19H20Cl2N2O5S/c1-12(14-3-5-15(20)6-4-14)22-18(24)11-28-19(25)13(2)23-29(26,27)17-9-7-16(21)8-10-17/h3-10,12-13,23H,11H2,1-2H3,(H,22,24). The first-order valence-corrected chi connectivity index (χ1v) is 10.8. The van der Waals surface area contributed by atoms with Crippen LogP contribution in [-0.4, -0.2) is 32.9 Å². The van der Waals surface area contributed by atoms with Crippen molar-refractivity contribution in [2.75, 3.05) is 6.61 Å². The molecule has 2 atom stereocenters. The molecule has 1 amide bonds. The number of hydrogen-bond acceptors (Lipinski definition) is 5. The molecule has 0 saturated carbocycles. The van der Waals surface area contributed by atoms with E-state index in [-0.39, 0.29) is 10.9 Å². The number of benzene rings is 2. The van der Waals surface area contributed by atoms with E-state index in [0.717, 1.165) is 5.56 Å². The molecule has 2 rings (SSSR count). The van der Waals surface area contributed by atoms with Crippen LogP contribution in [0.3, 0.4) is 0 Å². The first kappa shape index (κ1) is 23.2. The van der Waals surface area contributed by atoms with Gasteiger partial charge in [-0.1, -0.05) is 35.3 Å². The maximum atomic E-state index is 12.3. The number of ether oxygens (including phenoxy) is 1. The van der Waals surface area contributed by atoms with Gasteiger partial charge in [0, 0.05) is 10.0 Å². The molecule has 0 aliphatic carbocycles. The Hall–Kier alpha value is -2.13. The molecule has 0 spiro atoms. The van der Waals surface area contributed by atoms with E-state index < -0.39 is 34.5 Å². The number of rotatable bonds is 8. The van der Waals surface area contributed by atoms with Gasteiger partial charge < -0.3 is 10.1 Å². The van der Waals surface area contributed by atoms with Gasteiger partial charge in [0.05, 0.1) is 10.9 Å². The Morgan fingerprint density at radius 2 is 1.48 bits per heavy atom. The lowest BCUT2D eigenvalue weighted by molar-refractivity contribution is -0.149. The highest BCUT2D eigenvalue weighted by Crippen LogP contribution is 2.16. The number of amides is 1. The summed E-state index contributed by atoms with van der Waals surface area (Å²) >= 11 is 11.6. The highest BCUT2D eigenvalue weighted by atomic mass is 35.5. The summed E-state index contributed by atoms with van der Waals surface area (Å²) in [5.74, 6) is -1.40. The molecule has 10 heteroatoms. The lowest BCUT2D eigenvalue weighted by atomic mass is 10.1. The maximum Gasteiger partial charge on any atom is 0.324 e. The maximum absolute atomic E-state index is 12.3. The van der Waals surface area contributed by atoms with Crippen molar-refractivity contribution >= 4 is 45.1 Å². The molecule has 2 aromatic rings. The minimum absolute atomic E-state index is 0.0453. The van der Waals surface area contributed by atoms with Crippen LogP contribution in [0.2, 0.25) is 10.0 Å². The van der Waals surface area contributed by atoms with Crippen LogP contribution in [0, 0.1) is 0 Å². The molecule has 7 nitrogen and oxygen atoms in total. The van der Waals surface area contributed by atoms with Gasteiger partial charge >= 0.3 is 5.97 Å². The van der Waals surface area contributed by atoms with Crippen LogP contribution >= 0.6 is 23.2 Å². The molecule has 0 aromatic heterocycles. The fourth-order valence-corrected chi connectivity index (χ4v) is 3.79. The Balaban J connectivity index is 1.85. The minimum Gasteiger partial charge on any atom is -0.454 e. The largest absolute Gasteiger partial charge is 0.454 e. The second-order valence-corrected chi connectivity index (χ2v) is 8.83. The van der Waals surface area contributed by atoms with E-state index >= 15 is 0 Å². The average Bonchev–Trinajstić information content (AvgIpc) is 2.66. The van der Waals surface area contributed by atoms with Gasteiger partial charge in [-0.05, 0) is 55.8 Å². The van der Waals surface area contributed by atoms with E-state index in [1.807, 2.05) is 0 Å². The molecule has 2 N–H and O–H groups in total. The first-order chi connectivity index (χ1) is 13.6. The van der Waals surface area contributed by atoms with Crippen molar-refractivity contribution in [2.45, 2.75) is 30.8 Å². The molecule has 0 saturated heterocycles. The van der Waals surface area contributed by atoms with Crippen molar-refractivity contribution in [1.29, 1.82) is 0 Å². The van der Waals surface area contributed by atoms with Crippen LogP contribution in [-0.2, 0) is 24.3 Å². The molecule has 0 radical (unpaired) electrons. The van der Waals surface area contributed by atoms with Gasteiger partial charge in [0.1, 0.15) is 6.04 Å². The summed E-state index contributed by atoms with van der Waals surface area (Å²) < 4.78 is 31.6. The summed E-state index contributed by atoms with van der Waals surface area (Å²) in [5.41, 5.74) is 0.832. The van der Waals surface area contributed by atoms with Crippen LogP contribution < -0.4 is 10.0 Å². The van der Waals surface area contributed by atoms with Gasteiger partial charge in [-0.3, -0.25) is 9.59 Å². The van der Waals surface area contributed by atoms with Crippen LogP contribution in [0.15, 0.2) is 53.4 Å². The summed E-state index contributed by atoms with van der Waals surface area (Å²) in [6.45, 7) is 2.56. The number of carbonyl (C=O) groups is 2. The molecule has 0 heterocycles. The third-order valence-corrected chi connectivity index (χ3v) is 5.96. The molecule has 0 bridgehead atoms. The highest BCUT2D eigenvalue weighted by Gasteiger charge is 2.24. The highest BCUT2D eigenvalue weighted by molar-refractivity contribution is 7.89. The van der Waals surface area contributed by atoms with Crippen LogP contribution in [0.5, 0.6) is 0 Å². The molecule has 0 aliphatic rings. The Bertz CT molecular complexity index is 963. The summed E-state index contributed by atoms with van der Waals surface area (Å²) in [5, 5.41) is 3.64. The fraction of sp³-hybridized carbons (Fsp3) is 0.263. The summed E-state index contributed by atoms with van der Waals surface area (Å²) in [6, 6.07) is 10.9. The van der Waals surface area contributed by atoms with Crippen molar-refractivity contribution in [1.82, 2.24) is 10.0 Å². The minimum atomic E-state index is -3.94. The van der Waals surface area contributed by atoms with Gasteiger partial charge in [-0.15, -0.1) is 0 Å². The third-order valence-electron chi connectivity index (χ3n) is 3.90. The molecule has 156 valence electrons. The third kappa shape index (κ3) is 7.01. The smallest absolute Gasteiger partial charge is 0.324 e. The summed E-state index contributed by atoms with van der Waals surface area (Å²) in [6.07, 6.45) is 0. The Kier molecular flexibility index (Phi) is 8.04. The first-order valence-electron chi connectivity index (χ1n) is 8.58. The number of esters is 1. The van der Waals surface area contributed by atoms with E-state index in [2.05, 4.69) is 10.0 Å². The van der Waals surface area contributed by atoms with E-state index in [9.17, 15) is 18.0 Å². The van der Waals surface area contributed by atoms with Gasteiger partial charge in [-0.2, -0.15) is 4.72 Å². The van der Waals surface area contributed by atoms with E-state index in [1.54, 1.807) is 31.2 Å². The van der Waals surface area contributed by atoms with Crippen molar-refractivity contribution in [3.63, 3.8) is 0 Å². The van der Waals surface area contributed by atoms with Crippen LogP contribution in [0.25, 0.3) is 0 Å². The lowest BCUT2D eigenvalue weighted by Crippen LogP contribution is -2.41. The zero-order chi connectivity index (χ0) is 21.6. The van der Waals surface area contributed by atoms with E-state index in [4.69, 9.17) is 27.9 Å². The van der Waals surface area contributed by atoms with E-state index in [1.165, 1.54) is 31.2 Å². The SMILES string of the molecule is CC(NS(=O)(=O)c1ccc(Cl)cc1)C(=O)OCC(=O)NC(C)c1ccc(Cl)cc1. The van der Waals surface area contributed by atoms with Crippen molar-refractivity contribution in [3.8, 4) is 0 Å². The van der Waals surface area contributed by atoms with E-state index in [0.29, 0.717) is 10.0 Å². The zero-order valence-corrected chi connectivity index (χ0v) is 18.0. The molecular formula is C19H20Cl2N2O5S. The summed E-state index contributed by atoms with van der Waals surface area (Å²) in [4.78, 5) is 24.0. The number of nitrogens with one attached hydrogen (secondary N) is 2. The predicted octanol–water partition coefficient (Wildman–Crippen LogP) is 3.08. The van der Waals surface area contributed by atoms with Gasteiger partial charge in [0.25, 0.3) is 5.91 Å². The molecular weight excluding hydrogens is 439 g/mol. The number of hydrogen-bond donors (Lipinski definition) is 2. The van der Waals surface area contributed by atoms with Crippen LogP contribution in [0.1, 0.15) is 25.5 Å². The van der Waals surface area contributed by atoms with Gasteiger partial charge in [0.2, 0.25) is 10.0 Å². The van der Waals surface area contributed by atoms with Crippen molar-refractivity contribution < 1.29 is 22.7 Å². The zero-order valence-electron chi connectivity index (χ0n) is 15.7. The number of halogens is 2. The topological polar surface area (TPSA) is 102 Å². The molecule has 0 fully saturated rings. The molecule has 0 aliphatic heterocycles. The normalized spacial score (nSPS) is 13.4. The molecule has 2 aromatic carbocycles. The second kappa shape index (κ2) is 10.1.